The average Bonchev–Trinajstić information content (AvgIpc) is 2.49. The Balaban J connectivity index is 2.69. The molecule has 19 heavy (non-hydrogen) atoms. The van der Waals surface area contributed by atoms with Gasteiger partial charge in [-0.15, -0.1) is 0 Å². The molecule has 104 valence electrons. The van der Waals surface area contributed by atoms with Gasteiger partial charge in [-0.2, -0.15) is 13.2 Å². The summed E-state index contributed by atoms with van der Waals surface area (Å²) in [4.78, 5) is -0.417. The lowest BCUT2D eigenvalue weighted by Gasteiger charge is -2.19. The first-order valence-corrected chi connectivity index (χ1v) is 6.89. The van der Waals surface area contributed by atoms with Gasteiger partial charge in [0, 0.05) is 16.5 Å². The Morgan fingerprint density at radius 2 is 1.74 bits per heavy atom. The molecule has 0 bridgehead atoms. The number of hydrogen-bond donors (Lipinski definition) is 1. The Labute approximate surface area is 108 Å². The highest BCUT2D eigenvalue weighted by molar-refractivity contribution is 7.95. The molecule has 0 saturated heterocycles. The van der Waals surface area contributed by atoms with Crippen LogP contribution in [0.3, 0.4) is 0 Å². The van der Waals surface area contributed by atoms with Crippen molar-refractivity contribution in [2.45, 2.75) is 30.5 Å². The molecule has 3 nitrogen and oxygen atoms in total. The summed E-state index contributed by atoms with van der Waals surface area (Å²) < 4.78 is 61.4. The molecular weight excluding hydrogens is 281 g/mol. The van der Waals surface area contributed by atoms with E-state index >= 15 is 0 Å². The molecular formula is C12H11F3O3S. The average molecular weight is 292 g/mol. The van der Waals surface area contributed by atoms with Crippen LogP contribution in [0.2, 0.25) is 0 Å². The van der Waals surface area contributed by atoms with Gasteiger partial charge in [0.05, 0.1) is 16.1 Å². The van der Waals surface area contributed by atoms with Gasteiger partial charge in [-0.25, -0.2) is 8.42 Å². The second-order valence-corrected chi connectivity index (χ2v) is 6.61. The monoisotopic (exact) mass is 292 g/mol. The van der Waals surface area contributed by atoms with Crippen molar-refractivity contribution in [2.75, 3.05) is 0 Å². The number of fused-ring (bicyclic) bond motifs is 1. The van der Waals surface area contributed by atoms with Gasteiger partial charge in [0.25, 0.3) is 0 Å². The molecule has 0 amide bonds. The molecule has 0 radical (unpaired) electrons. The third-order valence-electron chi connectivity index (χ3n) is 2.84. The van der Waals surface area contributed by atoms with Crippen LogP contribution in [-0.2, 0) is 16.0 Å². The molecule has 1 heterocycles. The number of halogens is 3. The number of alkyl halides is 3. The third-order valence-corrected chi connectivity index (χ3v) is 4.33. The molecule has 1 aliphatic rings. The highest BCUT2D eigenvalue weighted by Crippen LogP contribution is 2.41. The summed E-state index contributed by atoms with van der Waals surface area (Å²) in [5.41, 5.74) is -2.27. The standard InChI is InChI=1S/C12H11F3O3S/c1-11(2,16)9-6-19(17,18)10-5-7(12(13,14)15)3-4-8(9)10/h3-6,16H,1-2H3. The lowest BCUT2D eigenvalue weighted by molar-refractivity contribution is -0.137. The van der Waals surface area contributed by atoms with E-state index in [9.17, 15) is 26.7 Å². The van der Waals surface area contributed by atoms with Gasteiger partial charge in [-0.1, -0.05) is 6.07 Å². The Kier molecular flexibility index (Phi) is 2.84. The molecule has 0 spiro atoms. The summed E-state index contributed by atoms with van der Waals surface area (Å²) in [6.07, 6.45) is -4.61. The smallest absolute Gasteiger partial charge is 0.386 e. The second kappa shape index (κ2) is 3.83. The first-order chi connectivity index (χ1) is 8.43. The summed E-state index contributed by atoms with van der Waals surface area (Å²) in [5, 5.41) is 10.7. The highest BCUT2D eigenvalue weighted by atomic mass is 32.2. The number of sulfone groups is 1. The van der Waals surface area contributed by atoms with Gasteiger partial charge in [0.15, 0.2) is 0 Å². The topological polar surface area (TPSA) is 54.4 Å². The number of aliphatic hydroxyl groups is 1. The van der Waals surface area contributed by atoms with E-state index in [4.69, 9.17) is 0 Å². The molecule has 2 rings (SSSR count). The van der Waals surface area contributed by atoms with E-state index < -0.39 is 32.1 Å². The molecule has 0 aromatic heterocycles. The van der Waals surface area contributed by atoms with E-state index in [0.717, 1.165) is 17.5 Å². The highest BCUT2D eigenvalue weighted by Gasteiger charge is 2.38. The van der Waals surface area contributed by atoms with Crippen LogP contribution >= 0.6 is 0 Å². The molecule has 1 aromatic carbocycles. The summed E-state index contributed by atoms with van der Waals surface area (Å²) in [5.74, 6) is 0. The molecule has 0 unspecified atom stereocenters. The molecule has 1 aliphatic heterocycles. The maximum absolute atomic E-state index is 12.6. The van der Waals surface area contributed by atoms with Gasteiger partial charge in [0.1, 0.15) is 0 Å². The van der Waals surface area contributed by atoms with Gasteiger partial charge in [0.2, 0.25) is 9.84 Å². The predicted octanol–water partition coefficient (Wildman–Crippen LogP) is 2.60. The summed E-state index contributed by atoms with van der Waals surface area (Å²) in [6, 6.07) is 2.48. The van der Waals surface area contributed by atoms with Crippen molar-refractivity contribution in [2.24, 2.45) is 0 Å². The molecule has 0 fully saturated rings. The van der Waals surface area contributed by atoms with Crippen molar-refractivity contribution in [3.05, 3.63) is 34.7 Å². The maximum atomic E-state index is 12.6. The zero-order valence-corrected chi connectivity index (χ0v) is 10.9. The SMILES string of the molecule is CC(C)(O)C1=CS(=O)(=O)c2cc(C(F)(F)F)ccc21. The number of rotatable bonds is 1. The van der Waals surface area contributed by atoms with Crippen LogP contribution in [-0.4, -0.2) is 19.1 Å². The van der Waals surface area contributed by atoms with Gasteiger partial charge >= 0.3 is 6.18 Å². The number of hydrogen-bond acceptors (Lipinski definition) is 3. The minimum absolute atomic E-state index is 0.0937. The molecule has 1 aromatic rings. The molecule has 0 aliphatic carbocycles. The van der Waals surface area contributed by atoms with Gasteiger partial charge in [-0.05, 0) is 26.0 Å². The van der Waals surface area contributed by atoms with Gasteiger partial charge < -0.3 is 5.11 Å². The van der Waals surface area contributed by atoms with Crippen molar-refractivity contribution in [3.8, 4) is 0 Å². The first kappa shape index (κ1) is 14.1. The Morgan fingerprint density at radius 3 is 2.21 bits per heavy atom. The van der Waals surface area contributed by atoms with Crippen molar-refractivity contribution in [1.82, 2.24) is 0 Å². The largest absolute Gasteiger partial charge is 0.416 e. The predicted molar refractivity (Wildman–Crippen MR) is 62.9 cm³/mol. The van der Waals surface area contributed by atoms with Crippen LogP contribution in [0.1, 0.15) is 25.0 Å². The summed E-state index contributed by atoms with van der Waals surface area (Å²) in [6.45, 7) is 2.75. The Hall–Kier alpha value is -1.34. The summed E-state index contributed by atoms with van der Waals surface area (Å²) in [7, 11) is -3.94. The van der Waals surface area contributed by atoms with Gasteiger partial charge in [-0.3, -0.25) is 0 Å². The lowest BCUT2D eigenvalue weighted by atomic mass is 9.92. The Bertz CT molecular complexity index is 664. The van der Waals surface area contributed by atoms with Crippen LogP contribution in [0.5, 0.6) is 0 Å². The van der Waals surface area contributed by atoms with Crippen molar-refractivity contribution < 1.29 is 26.7 Å². The minimum Gasteiger partial charge on any atom is -0.386 e. The van der Waals surface area contributed by atoms with E-state index in [1.165, 1.54) is 13.8 Å². The lowest BCUT2D eigenvalue weighted by Crippen LogP contribution is -2.20. The van der Waals surface area contributed by atoms with Crippen LogP contribution in [0, 0.1) is 0 Å². The van der Waals surface area contributed by atoms with Crippen molar-refractivity contribution in [1.29, 1.82) is 0 Å². The Morgan fingerprint density at radius 1 is 1.16 bits per heavy atom. The number of benzene rings is 1. The fourth-order valence-electron chi connectivity index (χ4n) is 1.91. The fraction of sp³-hybridized carbons (Fsp3) is 0.333. The quantitative estimate of drug-likeness (QED) is 0.865. The fourth-order valence-corrected chi connectivity index (χ4v) is 3.54. The zero-order valence-electron chi connectivity index (χ0n) is 10.1. The summed E-state index contributed by atoms with van der Waals surface area (Å²) >= 11 is 0. The molecule has 0 saturated carbocycles. The van der Waals surface area contributed by atoms with E-state index in [2.05, 4.69) is 0 Å². The van der Waals surface area contributed by atoms with Crippen molar-refractivity contribution >= 4 is 15.4 Å². The third kappa shape index (κ3) is 2.40. The second-order valence-electron chi connectivity index (χ2n) is 4.84. The molecule has 7 heteroatoms. The van der Waals surface area contributed by atoms with Crippen LogP contribution in [0.15, 0.2) is 28.5 Å². The van der Waals surface area contributed by atoms with E-state index in [1.807, 2.05) is 0 Å². The van der Waals surface area contributed by atoms with E-state index in [0.29, 0.717) is 6.07 Å². The zero-order chi connectivity index (χ0) is 14.6. The van der Waals surface area contributed by atoms with E-state index in [-0.39, 0.29) is 11.1 Å². The first-order valence-electron chi connectivity index (χ1n) is 5.34. The van der Waals surface area contributed by atoms with Crippen molar-refractivity contribution in [3.63, 3.8) is 0 Å². The van der Waals surface area contributed by atoms with Crippen LogP contribution in [0.4, 0.5) is 13.2 Å². The van der Waals surface area contributed by atoms with Crippen LogP contribution in [0.25, 0.3) is 5.57 Å². The maximum Gasteiger partial charge on any atom is 0.416 e. The normalized spacial score (nSPS) is 18.1. The van der Waals surface area contributed by atoms with Crippen LogP contribution < -0.4 is 0 Å². The molecule has 1 N–H and O–H groups in total. The molecule has 0 atom stereocenters. The van der Waals surface area contributed by atoms with E-state index in [1.54, 1.807) is 0 Å². The minimum atomic E-state index is -4.61.